The van der Waals surface area contributed by atoms with Crippen LogP contribution in [0.1, 0.15) is 86.0 Å². The molecular weight excluding hydrogens is 272 g/mol. The predicted octanol–water partition coefficient (Wildman–Crippen LogP) is 3.83. The van der Waals surface area contributed by atoms with Crippen molar-refractivity contribution < 1.29 is 0 Å². The zero-order chi connectivity index (χ0) is 16.1. The van der Waals surface area contributed by atoms with Gasteiger partial charge >= 0.3 is 0 Å². The molecule has 0 radical (unpaired) electrons. The van der Waals surface area contributed by atoms with Crippen molar-refractivity contribution in [1.82, 2.24) is 9.80 Å². The molecule has 0 saturated carbocycles. The first-order chi connectivity index (χ1) is 10.0. The van der Waals surface area contributed by atoms with E-state index in [2.05, 4.69) is 44.4 Å². The maximum atomic E-state index is 2.80. The smallest absolute Gasteiger partial charge is 0.0494 e. The molecule has 21 heavy (non-hydrogen) atoms. The van der Waals surface area contributed by atoms with Crippen LogP contribution in [-0.2, 0) is 0 Å². The largest absolute Gasteiger partial charge is 0.289 e. The van der Waals surface area contributed by atoms with Crippen molar-refractivity contribution in [3.63, 3.8) is 0 Å². The standard InChI is InChI=1S/C18H42N2Si/c1-6-10-14-19(15-11-7-2)18(5,21)20(16-12-8-3)17-13-9-4/h6-17H2,1-5,21H3. The molecule has 0 aromatic carbocycles. The summed E-state index contributed by atoms with van der Waals surface area (Å²) in [7, 11) is 1.23. The lowest BCUT2D eigenvalue weighted by molar-refractivity contribution is 0.0146. The van der Waals surface area contributed by atoms with E-state index in [-0.39, 0.29) is 0 Å². The van der Waals surface area contributed by atoms with Gasteiger partial charge in [-0.25, -0.2) is 0 Å². The fourth-order valence-corrected chi connectivity index (χ4v) is 3.81. The van der Waals surface area contributed by atoms with E-state index in [0.717, 1.165) is 0 Å². The van der Waals surface area contributed by atoms with Crippen LogP contribution in [-0.4, -0.2) is 51.5 Å². The van der Waals surface area contributed by atoms with Gasteiger partial charge in [-0.2, -0.15) is 0 Å². The van der Waals surface area contributed by atoms with Gasteiger partial charge < -0.3 is 0 Å². The molecule has 0 bridgehead atoms. The molecule has 0 fully saturated rings. The third-order valence-electron chi connectivity index (χ3n) is 4.67. The summed E-state index contributed by atoms with van der Waals surface area (Å²) in [6, 6.07) is 0. The Morgan fingerprint density at radius 1 is 0.619 bits per heavy atom. The third kappa shape index (κ3) is 8.37. The highest BCUT2D eigenvalue weighted by Crippen LogP contribution is 2.20. The van der Waals surface area contributed by atoms with Gasteiger partial charge in [0.2, 0.25) is 0 Å². The fourth-order valence-electron chi connectivity index (χ4n) is 2.91. The maximum absolute atomic E-state index is 2.80. The Balaban J connectivity index is 4.84. The molecule has 0 saturated heterocycles. The second-order valence-electron chi connectivity index (χ2n) is 6.88. The molecule has 0 amide bonds. The lowest BCUT2D eigenvalue weighted by Crippen LogP contribution is -2.60. The number of nitrogens with zero attached hydrogens (tertiary/aromatic N) is 2. The molecule has 0 aromatic rings. The van der Waals surface area contributed by atoms with Crippen LogP contribution in [0.3, 0.4) is 0 Å². The zero-order valence-electron chi connectivity index (χ0n) is 15.9. The minimum Gasteiger partial charge on any atom is -0.289 e. The topological polar surface area (TPSA) is 6.48 Å². The third-order valence-corrected chi connectivity index (χ3v) is 5.94. The Bertz CT molecular complexity index is 193. The average molecular weight is 315 g/mol. The van der Waals surface area contributed by atoms with Crippen LogP contribution in [0.4, 0.5) is 0 Å². The van der Waals surface area contributed by atoms with Crippen molar-refractivity contribution in [1.29, 1.82) is 0 Å². The van der Waals surface area contributed by atoms with Crippen molar-refractivity contribution in [2.45, 2.75) is 91.3 Å². The highest BCUT2D eigenvalue weighted by molar-refractivity contribution is 6.14. The van der Waals surface area contributed by atoms with E-state index in [0.29, 0.717) is 5.29 Å². The molecule has 0 aromatic heterocycles. The predicted molar refractivity (Wildman–Crippen MR) is 101 cm³/mol. The van der Waals surface area contributed by atoms with E-state index in [1.165, 1.54) is 87.8 Å². The first-order valence-electron chi connectivity index (χ1n) is 9.54. The van der Waals surface area contributed by atoms with Gasteiger partial charge in [-0.15, -0.1) is 0 Å². The van der Waals surface area contributed by atoms with Crippen LogP contribution in [0.15, 0.2) is 0 Å². The normalized spacial score (nSPS) is 12.7. The van der Waals surface area contributed by atoms with Crippen LogP contribution in [0, 0.1) is 0 Å². The van der Waals surface area contributed by atoms with E-state index in [9.17, 15) is 0 Å². The molecule has 0 aliphatic rings. The zero-order valence-corrected chi connectivity index (χ0v) is 17.9. The molecule has 0 aliphatic heterocycles. The van der Waals surface area contributed by atoms with Gasteiger partial charge in [-0.1, -0.05) is 53.4 Å². The van der Waals surface area contributed by atoms with Crippen LogP contribution >= 0.6 is 0 Å². The quantitative estimate of drug-likeness (QED) is 0.355. The monoisotopic (exact) mass is 314 g/mol. The lowest BCUT2D eigenvalue weighted by Gasteiger charge is -2.47. The van der Waals surface area contributed by atoms with Crippen LogP contribution in [0.2, 0.25) is 0 Å². The summed E-state index contributed by atoms with van der Waals surface area (Å²) in [5.41, 5.74) is 0. The average Bonchev–Trinajstić information content (AvgIpc) is 2.47. The molecule has 0 rings (SSSR count). The summed E-state index contributed by atoms with van der Waals surface area (Å²) in [4.78, 5) is 5.61. The molecule has 0 atom stereocenters. The summed E-state index contributed by atoms with van der Waals surface area (Å²) >= 11 is 0. The van der Waals surface area contributed by atoms with Crippen molar-refractivity contribution in [3.05, 3.63) is 0 Å². The number of hydrogen-bond donors (Lipinski definition) is 0. The van der Waals surface area contributed by atoms with Gasteiger partial charge in [0.25, 0.3) is 0 Å². The van der Waals surface area contributed by atoms with Gasteiger partial charge in [-0.3, -0.25) is 9.80 Å². The van der Waals surface area contributed by atoms with Gasteiger partial charge in [0.05, 0.1) is 0 Å². The first-order valence-corrected chi connectivity index (χ1v) is 10.5. The summed E-state index contributed by atoms with van der Waals surface area (Å²) in [5.74, 6) is 0. The number of rotatable bonds is 14. The molecule has 0 N–H and O–H groups in total. The highest BCUT2D eigenvalue weighted by atomic mass is 28.1. The maximum Gasteiger partial charge on any atom is 0.0494 e. The van der Waals surface area contributed by atoms with Crippen molar-refractivity contribution in [2.75, 3.05) is 26.2 Å². The summed E-state index contributed by atoms with van der Waals surface area (Å²) in [6.45, 7) is 16.9. The minimum atomic E-state index is 0.342. The van der Waals surface area contributed by atoms with Crippen molar-refractivity contribution >= 4 is 10.2 Å². The number of unbranched alkanes of at least 4 members (excludes halogenated alkanes) is 4. The van der Waals surface area contributed by atoms with Gasteiger partial charge in [0.1, 0.15) is 0 Å². The fraction of sp³-hybridized carbons (Fsp3) is 1.00. The molecule has 0 aliphatic carbocycles. The molecule has 0 heterocycles. The summed E-state index contributed by atoms with van der Waals surface area (Å²) in [6.07, 6.45) is 10.6. The Kier molecular flexibility index (Phi) is 12.7. The van der Waals surface area contributed by atoms with Gasteiger partial charge in [0, 0.05) is 15.5 Å². The van der Waals surface area contributed by atoms with Gasteiger partial charge in [0.15, 0.2) is 0 Å². The summed E-state index contributed by atoms with van der Waals surface area (Å²) in [5, 5.41) is 0.342. The molecular formula is C18H42N2Si. The van der Waals surface area contributed by atoms with Crippen LogP contribution < -0.4 is 0 Å². The Labute approximate surface area is 138 Å². The van der Waals surface area contributed by atoms with Crippen molar-refractivity contribution in [2.24, 2.45) is 0 Å². The first kappa shape index (κ1) is 21.1. The van der Waals surface area contributed by atoms with E-state index in [1.54, 1.807) is 0 Å². The second kappa shape index (κ2) is 12.7. The molecule has 2 nitrogen and oxygen atoms in total. The van der Waals surface area contributed by atoms with Gasteiger partial charge in [-0.05, 0) is 58.8 Å². The van der Waals surface area contributed by atoms with E-state index < -0.39 is 0 Å². The summed E-state index contributed by atoms with van der Waals surface area (Å²) < 4.78 is 0. The Morgan fingerprint density at radius 2 is 0.857 bits per heavy atom. The Morgan fingerprint density at radius 3 is 1.05 bits per heavy atom. The van der Waals surface area contributed by atoms with Crippen LogP contribution in [0.5, 0.6) is 0 Å². The van der Waals surface area contributed by atoms with Crippen molar-refractivity contribution in [3.8, 4) is 0 Å². The molecule has 128 valence electrons. The Hall–Kier alpha value is 0.137. The molecule has 0 unspecified atom stereocenters. The number of hydrogen-bond acceptors (Lipinski definition) is 2. The highest BCUT2D eigenvalue weighted by Gasteiger charge is 2.31. The lowest BCUT2D eigenvalue weighted by atomic mass is 10.2. The van der Waals surface area contributed by atoms with E-state index in [4.69, 9.17) is 0 Å². The van der Waals surface area contributed by atoms with E-state index >= 15 is 0 Å². The van der Waals surface area contributed by atoms with E-state index in [1.807, 2.05) is 0 Å². The van der Waals surface area contributed by atoms with Crippen LogP contribution in [0.25, 0.3) is 0 Å². The molecule has 3 heteroatoms. The second-order valence-corrected chi connectivity index (χ2v) is 8.78. The SMILES string of the molecule is CCCCN(CCCC)C(C)([SiH3])N(CCCC)CCCC. The minimum absolute atomic E-state index is 0.342. The molecule has 0 spiro atoms.